The minimum absolute atomic E-state index is 0.163. The quantitative estimate of drug-likeness (QED) is 0.770. The van der Waals surface area contributed by atoms with Crippen LogP contribution in [0.2, 0.25) is 5.02 Å². The van der Waals surface area contributed by atoms with Crippen molar-refractivity contribution in [3.63, 3.8) is 0 Å². The van der Waals surface area contributed by atoms with Crippen molar-refractivity contribution in [3.8, 4) is 0 Å². The lowest BCUT2D eigenvalue weighted by Gasteiger charge is -2.20. The molecule has 0 saturated carbocycles. The van der Waals surface area contributed by atoms with E-state index in [4.69, 9.17) is 11.6 Å². The summed E-state index contributed by atoms with van der Waals surface area (Å²) in [6, 6.07) is 1.61. The van der Waals surface area contributed by atoms with E-state index >= 15 is 0 Å². The van der Waals surface area contributed by atoms with Crippen molar-refractivity contribution < 1.29 is 14.4 Å². The lowest BCUT2D eigenvalue weighted by molar-refractivity contribution is -0.128. The van der Waals surface area contributed by atoms with Gasteiger partial charge in [-0.25, -0.2) is 0 Å². The molecule has 7 heteroatoms. The molecule has 1 atom stereocenters. The van der Waals surface area contributed by atoms with E-state index in [0.29, 0.717) is 23.7 Å². The fraction of sp³-hybridized carbons (Fsp3) is 0.462. The average Bonchev–Trinajstić information content (AvgIpc) is 3.00. The molecule has 106 valence electrons. The SMILES string of the molecule is Cn1cc(Cl)cc1C(=O)N1CC[C@@]2(CC(=O)NC2=O)C1. The zero-order valence-electron chi connectivity index (χ0n) is 11.0. The molecule has 1 aromatic heterocycles. The Kier molecular flexibility index (Phi) is 2.86. The molecule has 2 fully saturated rings. The Morgan fingerprint density at radius 3 is 2.75 bits per heavy atom. The van der Waals surface area contributed by atoms with Crippen molar-refractivity contribution in [1.82, 2.24) is 14.8 Å². The maximum absolute atomic E-state index is 12.4. The van der Waals surface area contributed by atoms with Crippen LogP contribution in [0.3, 0.4) is 0 Å². The number of carbonyl (C=O) groups is 3. The number of nitrogens with one attached hydrogen (secondary N) is 1. The topological polar surface area (TPSA) is 71.4 Å². The van der Waals surface area contributed by atoms with Crippen LogP contribution in [0.1, 0.15) is 23.3 Å². The lowest BCUT2D eigenvalue weighted by Crippen LogP contribution is -2.37. The van der Waals surface area contributed by atoms with Crippen molar-refractivity contribution in [1.29, 1.82) is 0 Å². The van der Waals surface area contributed by atoms with E-state index in [2.05, 4.69) is 5.32 Å². The first-order valence-corrected chi connectivity index (χ1v) is 6.74. The van der Waals surface area contributed by atoms with Crippen LogP contribution >= 0.6 is 11.6 Å². The van der Waals surface area contributed by atoms with E-state index in [9.17, 15) is 14.4 Å². The maximum atomic E-state index is 12.4. The van der Waals surface area contributed by atoms with Crippen LogP contribution < -0.4 is 5.32 Å². The summed E-state index contributed by atoms with van der Waals surface area (Å²) >= 11 is 5.88. The van der Waals surface area contributed by atoms with Gasteiger partial charge in [-0.15, -0.1) is 0 Å². The molecule has 6 nitrogen and oxygen atoms in total. The summed E-state index contributed by atoms with van der Waals surface area (Å²) in [5, 5.41) is 2.82. The molecule has 2 aliphatic heterocycles. The highest BCUT2D eigenvalue weighted by Gasteiger charge is 2.51. The summed E-state index contributed by atoms with van der Waals surface area (Å²) in [5.41, 5.74) is -0.251. The standard InChI is InChI=1S/C13H14ClN3O3/c1-16-6-8(14)4-9(16)11(19)17-3-2-13(7-17)5-10(18)15-12(13)20/h4,6H,2-3,5,7H2,1H3,(H,15,18,20)/t13-/m1/s1. The predicted octanol–water partition coefficient (Wildman–Crippen LogP) is 0.557. The van der Waals surface area contributed by atoms with Crippen molar-refractivity contribution in [2.75, 3.05) is 13.1 Å². The predicted molar refractivity (Wildman–Crippen MR) is 71.1 cm³/mol. The van der Waals surface area contributed by atoms with E-state index in [1.165, 1.54) is 0 Å². The minimum Gasteiger partial charge on any atom is -0.345 e. The smallest absolute Gasteiger partial charge is 0.270 e. The molecule has 0 aliphatic carbocycles. The fourth-order valence-electron chi connectivity index (χ4n) is 2.97. The summed E-state index contributed by atoms with van der Waals surface area (Å²) < 4.78 is 1.66. The third-order valence-corrected chi connectivity index (χ3v) is 4.27. The van der Waals surface area contributed by atoms with Gasteiger partial charge in [-0.05, 0) is 12.5 Å². The van der Waals surface area contributed by atoms with E-state index in [1.807, 2.05) is 0 Å². The first-order chi connectivity index (χ1) is 9.41. The van der Waals surface area contributed by atoms with E-state index in [0.717, 1.165) is 0 Å². The first kappa shape index (κ1) is 13.2. The highest BCUT2D eigenvalue weighted by Crippen LogP contribution is 2.38. The number of imide groups is 1. The van der Waals surface area contributed by atoms with Crippen molar-refractivity contribution in [2.45, 2.75) is 12.8 Å². The first-order valence-electron chi connectivity index (χ1n) is 6.37. The molecule has 3 rings (SSSR count). The van der Waals surface area contributed by atoms with E-state index in [1.54, 1.807) is 28.8 Å². The third kappa shape index (κ3) is 1.91. The van der Waals surface area contributed by atoms with Gasteiger partial charge in [0.05, 0.1) is 10.4 Å². The molecule has 2 aliphatic rings. The van der Waals surface area contributed by atoms with Crippen LogP contribution in [0.25, 0.3) is 0 Å². The molecule has 0 bridgehead atoms. The second-order valence-corrected chi connectivity index (χ2v) is 5.90. The van der Waals surface area contributed by atoms with Crippen LogP contribution in [0.4, 0.5) is 0 Å². The van der Waals surface area contributed by atoms with Gasteiger partial charge in [0, 0.05) is 32.8 Å². The number of likely N-dealkylation sites (tertiary alicyclic amines) is 1. The Labute approximate surface area is 120 Å². The molecular weight excluding hydrogens is 282 g/mol. The highest BCUT2D eigenvalue weighted by molar-refractivity contribution is 6.31. The number of amides is 3. The zero-order valence-corrected chi connectivity index (χ0v) is 11.7. The molecule has 3 heterocycles. The van der Waals surface area contributed by atoms with Crippen LogP contribution in [0.5, 0.6) is 0 Å². The highest BCUT2D eigenvalue weighted by atomic mass is 35.5. The summed E-state index contributed by atoms with van der Waals surface area (Å²) in [7, 11) is 1.75. The molecule has 0 radical (unpaired) electrons. The van der Waals surface area contributed by atoms with E-state index < -0.39 is 5.41 Å². The Hall–Kier alpha value is -1.82. The number of hydrogen-bond donors (Lipinski definition) is 1. The summed E-state index contributed by atoms with van der Waals surface area (Å²) in [4.78, 5) is 37.3. The number of nitrogens with zero attached hydrogens (tertiary/aromatic N) is 2. The number of carbonyl (C=O) groups excluding carboxylic acids is 3. The van der Waals surface area contributed by atoms with Crippen LogP contribution in [-0.4, -0.2) is 40.3 Å². The maximum Gasteiger partial charge on any atom is 0.270 e. The molecule has 0 aromatic carbocycles. The van der Waals surface area contributed by atoms with Crippen molar-refractivity contribution >= 4 is 29.3 Å². The van der Waals surface area contributed by atoms with Gasteiger partial charge in [0.2, 0.25) is 11.8 Å². The molecule has 0 unspecified atom stereocenters. The number of rotatable bonds is 1. The Balaban J connectivity index is 1.81. The normalized spacial score (nSPS) is 25.6. The molecule has 3 amide bonds. The number of hydrogen-bond acceptors (Lipinski definition) is 3. The summed E-state index contributed by atoms with van der Waals surface area (Å²) in [6.45, 7) is 0.758. The van der Waals surface area contributed by atoms with Crippen molar-refractivity contribution in [2.24, 2.45) is 12.5 Å². The number of aryl methyl sites for hydroxylation is 1. The number of halogens is 1. The Bertz CT molecular complexity index is 624. The Morgan fingerprint density at radius 1 is 1.45 bits per heavy atom. The fourth-order valence-corrected chi connectivity index (χ4v) is 3.21. The molecule has 1 aromatic rings. The van der Waals surface area contributed by atoms with E-state index in [-0.39, 0.29) is 30.7 Å². The largest absolute Gasteiger partial charge is 0.345 e. The van der Waals surface area contributed by atoms with Gasteiger partial charge < -0.3 is 9.47 Å². The van der Waals surface area contributed by atoms with Crippen LogP contribution in [-0.2, 0) is 16.6 Å². The van der Waals surface area contributed by atoms with Crippen molar-refractivity contribution in [3.05, 3.63) is 23.0 Å². The monoisotopic (exact) mass is 295 g/mol. The van der Waals surface area contributed by atoms with Gasteiger partial charge >= 0.3 is 0 Å². The van der Waals surface area contributed by atoms with Gasteiger partial charge in [-0.3, -0.25) is 19.7 Å². The summed E-state index contributed by atoms with van der Waals surface area (Å²) in [6.07, 6.45) is 2.35. The molecule has 2 saturated heterocycles. The second-order valence-electron chi connectivity index (χ2n) is 5.47. The van der Waals surface area contributed by atoms with Gasteiger partial charge in [0.25, 0.3) is 5.91 Å². The van der Waals surface area contributed by atoms with Crippen LogP contribution in [0, 0.1) is 5.41 Å². The lowest BCUT2D eigenvalue weighted by atomic mass is 9.85. The molecule has 1 spiro atoms. The van der Waals surface area contributed by atoms with Crippen LogP contribution in [0.15, 0.2) is 12.3 Å². The third-order valence-electron chi connectivity index (χ3n) is 4.07. The number of aromatic nitrogens is 1. The van der Waals surface area contributed by atoms with Gasteiger partial charge in [-0.2, -0.15) is 0 Å². The van der Waals surface area contributed by atoms with Gasteiger partial charge in [0.1, 0.15) is 5.69 Å². The zero-order chi connectivity index (χ0) is 14.5. The Morgan fingerprint density at radius 2 is 2.20 bits per heavy atom. The molecule has 20 heavy (non-hydrogen) atoms. The molecule has 1 N–H and O–H groups in total. The second kappa shape index (κ2) is 4.34. The average molecular weight is 296 g/mol. The summed E-state index contributed by atoms with van der Waals surface area (Å²) in [5.74, 6) is -0.683. The van der Waals surface area contributed by atoms with Gasteiger partial charge in [-0.1, -0.05) is 11.6 Å². The molecular formula is C13H14ClN3O3. The van der Waals surface area contributed by atoms with Gasteiger partial charge in [0.15, 0.2) is 0 Å². The minimum atomic E-state index is -0.734.